The average Bonchev–Trinajstić information content (AvgIpc) is 2.39. The predicted molar refractivity (Wildman–Crippen MR) is 70.1 cm³/mol. The number of Topliss-reactive ketones (excluding diaryl/α,β-unsaturated/α-hetero) is 1. The predicted octanol–water partition coefficient (Wildman–Crippen LogP) is 3.09. The minimum Gasteiger partial charge on any atom is -0.329 e. The number of rotatable bonds is 3. The highest BCUT2D eigenvalue weighted by atomic mass is 16.1. The van der Waals surface area contributed by atoms with Crippen LogP contribution in [0.5, 0.6) is 0 Å². The Kier molecular flexibility index (Phi) is 3.63. The first kappa shape index (κ1) is 12.3. The number of ketones is 1. The van der Waals surface area contributed by atoms with E-state index in [0.717, 1.165) is 31.2 Å². The SMILES string of the molecule is Cc1ccc(C(=O)C2(CN)CCCCC2)cc1. The standard InChI is InChI=1S/C15H21NO/c1-12-5-7-13(8-6-12)14(17)15(11-16)9-3-2-4-10-15/h5-8H,2-4,9-11,16H2,1H3. The summed E-state index contributed by atoms with van der Waals surface area (Å²) in [6.45, 7) is 2.52. The summed E-state index contributed by atoms with van der Waals surface area (Å²) in [6.07, 6.45) is 5.42. The van der Waals surface area contributed by atoms with Gasteiger partial charge in [0.2, 0.25) is 0 Å². The van der Waals surface area contributed by atoms with Crippen molar-refractivity contribution in [3.63, 3.8) is 0 Å². The van der Waals surface area contributed by atoms with Crippen LogP contribution in [0.15, 0.2) is 24.3 Å². The smallest absolute Gasteiger partial charge is 0.170 e. The molecule has 1 aromatic carbocycles. The summed E-state index contributed by atoms with van der Waals surface area (Å²) in [5.74, 6) is 0.250. The Balaban J connectivity index is 2.25. The van der Waals surface area contributed by atoms with Gasteiger partial charge in [-0.15, -0.1) is 0 Å². The second kappa shape index (κ2) is 5.01. The zero-order valence-corrected chi connectivity index (χ0v) is 10.5. The van der Waals surface area contributed by atoms with Crippen LogP contribution in [0, 0.1) is 12.3 Å². The van der Waals surface area contributed by atoms with Gasteiger partial charge in [0.05, 0.1) is 0 Å². The molecule has 0 saturated heterocycles. The summed E-state index contributed by atoms with van der Waals surface area (Å²) in [5.41, 5.74) is 7.61. The van der Waals surface area contributed by atoms with Crippen molar-refractivity contribution >= 4 is 5.78 Å². The molecule has 2 nitrogen and oxygen atoms in total. The molecule has 0 aliphatic heterocycles. The number of carbonyl (C=O) groups is 1. The van der Waals surface area contributed by atoms with Crippen molar-refractivity contribution in [3.05, 3.63) is 35.4 Å². The van der Waals surface area contributed by atoms with Crippen molar-refractivity contribution in [1.29, 1.82) is 0 Å². The normalized spacial score (nSPS) is 18.9. The summed E-state index contributed by atoms with van der Waals surface area (Å²) in [4.78, 5) is 12.6. The minimum absolute atomic E-state index is 0.250. The third-order valence-corrected chi connectivity index (χ3v) is 4.00. The Hall–Kier alpha value is -1.15. The van der Waals surface area contributed by atoms with Gasteiger partial charge in [0.15, 0.2) is 5.78 Å². The van der Waals surface area contributed by atoms with Crippen LogP contribution in [0.1, 0.15) is 48.0 Å². The van der Waals surface area contributed by atoms with Crippen molar-refractivity contribution in [2.45, 2.75) is 39.0 Å². The molecule has 0 heterocycles. The molecule has 1 saturated carbocycles. The number of hydrogen-bond acceptors (Lipinski definition) is 2. The monoisotopic (exact) mass is 231 g/mol. The highest BCUT2D eigenvalue weighted by Crippen LogP contribution is 2.38. The highest BCUT2D eigenvalue weighted by molar-refractivity contribution is 6.00. The molecule has 0 bridgehead atoms. The molecular weight excluding hydrogens is 210 g/mol. The number of hydrogen-bond donors (Lipinski definition) is 1. The van der Waals surface area contributed by atoms with E-state index in [9.17, 15) is 4.79 Å². The van der Waals surface area contributed by atoms with Crippen LogP contribution in [0.2, 0.25) is 0 Å². The quantitative estimate of drug-likeness (QED) is 0.812. The third-order valence-electron chi connectivity index (χ3n) is 4.00. The summed E-state index contributed by atoms with van der Waals surface area (Å²) >= 11 is 0. The van der Waals surface area contributed by atoms with Crippen molar-refractivity contribution in [1.82, 2.24) is 0 Å². The minimum atomic E-state index is -0.284. The van der Waals surface area contributed by atoms with Crippen LogP contribution in [-0.4, -0.2) is 12.3 Å². The fourth-order valence-electron chi connectivity index (χ4n) is 2.76. The first-order valence-corrected chi connectivity index (χ1v) is 6.49. The van der Waals surface area contributed by atoms with Crippen LogP contribution in [0.4, 0.5) is 0 Å². The van der Waals surface area contributed by atoms with Gasteiger partial charge in [-0.2, -0.15) is 0 Å². The Morgan fingerprint density at radius 1 is 1.18 bits per heavy atom. The molecule has 0 amide bonds. The summed E-state index contributed by atoms with van der Waals surface area (Å²) in [7, 11) is 0. The molecule has 0 atom stereocenters. The lowest BCUT2D eigenvalue weighted by Crippen LogP contribution is -2.40. The van der Waals surface area contributed by atoms with E-state index in [1.807, 2.05) is 31.2 Å². The van der Waals surface area contributed by atoms with Gasteiger partial charge >= 0.3 is 0 Å². The van der Waals surface area contributed by atoms with Crippen molar-refractivity contribution < 1.29 is 4.79 Å². The number of aryl methyl sites for hydroxylation is 1. The largest absolute Gasteiger partial charge is 0.329 e. The maximum absolute atomic E-state index is 12.6. The van der Waals surface area contributed by atoms with E-state index in [1.165, 1.54) is 12.0 Å². The third kappa shape index (κ3) is 2.42. The molecule has 17 heavy (non-hydrogen) atoms. The molecule has 0 spiro atoms. The zero-order chi connectivity index (χ0) is 12.3. The van der Waals surface area contributed by atoms with Crippen LogP contribution < -0.4 is 5.73 Å². The Labute approximate surface area is 103 Å². The summed E-state index contributed by atoms with van der Waals surface area (Å²) in [5, 5.41) is 0. The van der Waals surface area contributed by atoms with E-state index >= 15 is 0 Å². The zero-order valence-electron chi connectivity index (χ0n) is 10.5. The molecule has 1 fully saturated rings. The van der Waals surface area contributed by atoms with Crippen LogP contribution in [-0.2, 0) is 0 Å². The highest BCUT2D eigenvalue weighted by Gasteiger charge is 2.38. The lowest BCUT2D eigenvalue weighted by atomic mass is 9.69. The Morgan fingerprint density at radius 3 is 2.29 bits per heavy atom. The maximum atomic E-state index is 12.6. The van der Waals surface area contributed by atoms with Gasteiger partial charge in [-0.1, -0.05) is 49.1 Å². The summed E-state index contributed by atoms with van der Waals surface area (Å²) < 4.78 is 0. The maximum Gasteiger partial charge on any atom is 0.170 e. The van der Waals surface area contributed by atoms with Gasteiger partial charge in [-0.3, -0.25) is 4.79 Å². The second-order valence-electron chi connectivity index (χ2n) is 5.24. The van der Waals surface area contributed by atoms with E-state index in [2.05, 4.69) is 0 Å². The average molecular weight is 231 g/mol. The van der Waals surface area contributed by atoms with Gasteiger partial charge < -0.3 is 5.73 Å². The lowest BCUT2D eigenvalue weighted by molar-refractivity contribution is 0.0729. The number of nitrogens with two attached hydrogens (primary N) is 1. The van der Waals surface area contributed by atoms with Gasteiger partial charge in [0.1, 0.15) is 0 Å². The van der Waals surface area contributed by atoms with E-state index in [1.54, 1.807) is 0 Å². The molecular formula is C15H21NO. The van der Waals surface area contributed by atoms with Crippen LogP contribution >= 0.6 is 0 Å². The molecule has 0 aromatic heterocycles. The number of benzene rings is 1. The molecule has 1 aromatic rings. The molecule has 1 aliphatic rings. The topological polar surface area (TPSA) is 43.1 Å². The van der Waals surface area contributed by atoms with E-state index in [-0.39, 0.29) is 11.2 Å². The number of carbonyl (C=O) groups excluding carboxylic acids is 1. The van der Waals surface area contributed by atoms with Crippen LogP contribution in [0.25, 0.3) is 0 Å². The van der Waals surface area contributed by atoms with E-state index in [0.29, 0.717) is 6.54 Å². The lowest BCUT2D eigenvalue weighted by Gasteiger charge is -2.34. The van der Waals surface area contributed by atoms with Gasteiger partial charge in [-0.25, -0.2) is 0 Å². The fourth-order valence-corrected chi connectivity index (χ4v) is 2.76. The van der Waals surface area contributed by atoms with E-state index < -0.39 is 0 Å². The molecule has 2 rings (SSSR count). The van der Waals surface area contributed by atoms with Crippen molar-refractivity contribution in [3.8, 4) is 0 Å². The molecule has 1 aliphatic carbocycles. The molecule has 92 valence electrons. The molecule has 0 radical (unpaired) electrons. The molecule has 2 heteroatoms. The Bertz CT molecular complexity index is 388. The molecule has 2 N–H and O–H groups in total. The van der Waals surface area contributed by atoms with Crippen molar-refractivity contribution in [2.24, 2.45) is 11.1 Å². The van der Waals surface area contributed by atoms with E-state index in [4.69, 9.17) is 5.73 Å². The first-order valence-electron chi connectivity index (χ1n) is 6.49. The molecule has 0 unspecified atom stereocenters. The van der Waals surface area contributed by atoms with Gasteiger partial charge in [0, 0.05) is 17.5 Å². The second-order valence-corrected chi connectivity index (χ2v) is 5.24. The summed E-state index contributed by atoms with van der Waals surface area (Å²) in [6, 6.07) is 7.87. The van der Waals surface area contributed by atoms with Crippen LogP contribution in [0.3, 0.4) is 0 Å². The van der Waals surface area contributed by atoms with Gasteiger partial charge in [-0.05, 0) is 19.8 Å². The Morgan fingerprint density at radius 2 is 1.76 bits per heavy atom. The fraction of sp³-hybridized carbons (Fsp3) is 0.533. The first-order chi connectivity index (χ1) is 8.18. The van der Waals surface area contributed by atoms with Gasteiger partial charge in [0.25, 0.3) is 0 Å². The van der Waals surface area contributed by atoms with Crippen molar-refractivity contribution in [2.75, 3.05) is 6.54 Å².